The summed E-state index contributed by atoms with van der Waals surface area (Å²) in [7, 11) is 3.78. The minimum absolute atomic E-state index is 0.0575. The first kappa shape index (κ1) is 17.2. The number of esters is 1. The van der Waals surface area contributed by atoms with Gasteiger partial charge in [-0.05, 0) is 40.5 Å². The molecule has 0 atom stereocenters. The molecule has 126 valence electrons. The third-order valence-electron chi connectivity index (χ3n) is 3.65. The van der Waals surface area contributed by atoms with Crippen molar-refractivity contribution in [2.75, 3.05) is 20.7 Å². The summed E-state index contributed by atoms with van der Waals surface area (Å²) >= 11 is 0. The molecule has 0 bridgehead atoms. The molecule has 1 aliphatic carbocycles. The molecule has 1 aliphatic rings. The van der Waals surface area contributed by atoms with Crippen LogP contribution in [0.1, 0.15) is 60.7 Å². The zero-order chi connectivity index (χ0) is 17.4. The number of ether oxygens (including phenoxy) is 1. The van der Waals surface area contributed by atoms with E-state index in [1.54, 1.807) is 11.6 Å². The van der Waals surface area contributed by atoms with Gasteiger partial charge in [0.15, 0.2) is 5.69 Å². The van der Waals surface area contributed by atoms with Crippen LogP contribution in [-0.4, -0.2) is 47.1 Å². The summed E-state index contributed by atoms with van der Waals surface area (Å²) in [5, 5.41) is 4.43. The Bertz CT molecular complexity index is 663. The maximum absolute atomic E-state index is 12.9. The molecule has 6 heteroatoms. The number of rotatable bonds is 3. The molecule has 0 spiro atoms. The molecule has 1 heterocycles. The lowest BCUT2D eigenvalue weighted by molar-refractivity contribution is 0.0516. The van der Waals surface area contributed by atoms with Crippen LogP contribution in [-0.2, 0) is 16.7 Å². The number of carbonyl (C=O) groups excluding carboxylic acids is 2. The smallest absolute Gasteiger partial charge is 0.359 e. The average Bonchev–Trinajstić information content (AvgIpc) is 2.82. The quantitative estimate of drug-likeness (QED) is 0.632. The predicted molar refractivity (Wildman–Crippen MR) is 87.6 cm³/mol. The van der Waals surface area contributed by atoms with Crippen molar-refractivity contribution in [3.05, 3.63) is 28.7 Å². The molecule has 0 unspecified atom stereocenters. The summed E-state index contributed by atoms with van der Waals surface area (Å²) in [4.78, 5) is 27.0. The van der Waals surface area contributed by atoms with E-state index in [0.717, 1.165) is 5.57 Å². The maximum Gasteiger partial charge on any atom is 0.359 e. The fourth-order valence-electron chi connectivity index (χ4n) is 2.73. The van der Waals surface area contributed by atoms with Gasteiger partial charge >= 0.3 is 5.97 Å². The van der Waals surface area contributed by atoms with E-state index in [4.69, 9.17) is 4.74 Å². The first-order valence-electron chi connectivity index (χ1n) is 7.88. The van der Waals surface area contributed by atoms with Crippen molar-refractivity contribution in [2.24, 2.45) is 0 Å². The summed E-state index contributed by atoms with van der Waals surface area (Å²) in [6.45, 7) is 7.94. The molecule has 0 fully saturated rings. The molecular formula is C17H25N3O3. The molecule has 1 aromatic heterocycles. The molecule has 2 rings (SSSR count). The fraction of sp³-hybridized carbons (Fsp3) is 0.588. The summed E-state index contributed by atoms with van der Waals surface area (Å²) in [6, 6.07) is 0. The third-order valence-corrected chi connectivity index (χ3v) is 3.65. The van der Waals surface area contributed by atoms with Crippen LogP contribution in [0.25, 0.3) is 0 Å². The van der Waals surface area contributed by atoms with Crippen LogP contribution in [0.15, 0.2) is 11.8 Å². The highest BCUT2D eigenvalue weighted by molar-refractivity contribution is 6.11. The van der Waals surface area contributed by atoms with Gasteiger partial charge in [-0.25, -0.2) is 4.79 Å². The summed E-state index contributed by atoms with van der Waals surface area (Å²) in [6.07, 6.45) is 3.06. The number of fused-ring (bicyclic) bond motifs is 1. The third kappa shape index (κ3) is 3.30. The summed E-state index contributed by atoms with van der Waals surface area (Å²) in [5.74, 6) is -0.516. The minimum atomic E-state index is -0.459. The molecule has 0 aromatic carbocycles. The lowest BCUT2D eigenvalue weighted by Gasteiger charge is -2.24. The van der Waals surface area contributed by atoms with Crippen LogP contribution < -0.4 is 0 Å². The van der Waals surface area contributed by atoms with Gasteiger partial charge in [-0.15, -0.1) is 0 Å². The van der Waals surface area contributed by atoms with Crippen LogP contribution in [0.4, 0.5) is 0 Å². The first-order valence-corrected chi connectivity index (χ1v) is 7.88. The molecule has 6 nitrogen and oxygen atoms in total. The van der Waals surface area contributed by atoms with Gasteiger partial charge in [-0.3, -0.25) is 9.48 Å². The Morgan fingerprint density at radius 1 is 1.35 bits per heavy atom. The van der Waals surface area contributed by atoms with Crippen LogP contribution in [0.2, 0.25) is 0 Å². The first-order chi connectivity index (χ1) is 10.7. The van der Waals surface area contributed by atoms with E-state index in [2.05, 4.69) is 5.10 Å². The molecule has 0 aliphatic heterocycles. The number of nitrogens with zero attached hydrogens (tertiary/aromatic N) is 3. The lowest BCUT2D eigenvalue weighted by atomic mass is 9.90. The number of allylic oxidation sites excluding steroid dienone is 1. The zero-order valence-corrected chi connectivity index (χ0v) is 14.8. The van der Waals surface area contributed by atoms with Crippen molar-refractivity contribution in [1.29, 1.82) is 0 Å². The van der Waals surface area contributed by atoms with Crippen LogP contribution >= 0.6 is 0 Å². The highest BCUT2D eigenvalue weighted by Crippen LogP contribution is 2.31. The highest BCUT2D eigenvalue weighted by atomic mass is 16.5. The monoisotopic (exact) mass is 319 g/mol. The van der Waals surface area contributed by atoms with Gasteiger partial charge in [0.1, 0.15) is 5.69 Å². The van der Waals surface area contributed by atoms with Gasteiger partial charge in [0.25, 0.3) is 0 Å². The highest BCUT2D eigenvalue weighted by Gasteiger charge is 2.36. The normalized spacial score (nSPS) is 16.4. The number of aromatic nitrogens is 2. The van der Waals surface area contributed by atoms with Crippen molar-refractivity contribution in [2.45, 2.75) is 46.1 Å². The van der Waals surface area contributed by atoms with Gasteiger partial charge in [-0.1, -0.05) is 0 Å². The molecular weight excluding hydrogens is 294 g/mol. The van der Waals surface area contributed by atoms with E-state index in [0.29, 0.717) is 24.1 Å². The predicted octanol–water partition coefficient (Wildman–Crippen LogP) is 2.39. The molecule has 0 radical (unpaired) electrons. The number of hydrogen-bond acceptors (Lipinski definition) is 5. The van der Waals surface area contributed by atoms with Crippen molar-refractivity contribution in [3.63, 3.8) is 0 Å². The molecule has 1 aromatic rings. The largest absolute Gasteiger partial charge is 0.461 e. The maximum atomic E-state index is 12.9. The van der Waals surface area contributed by atoms with E-state index in [-0.39, 0.29) is 18.1 Å². The molecule has 0 N–H and O–H groups in total. The van der Waals surface area contributed by atoms with Gasteiger partial charge in [0, 0.05) is 31.4 Å². The molecule has 0 saturated heterocycles. The van der Waals surface area contributed by atoms with E-state index in [9.17, 15) is 9.59 Å². The average molecular weight is 319 g/mol. The van der Waals surface area contributed by atoms with Gasteiger partial charge in [-0.2, -0.15) is 5.10 Å². The fourth-order valence-corrected chi connectivity index (χ4v) is 2.73. The van der Waals surface area contributed by atoms with E-state index >= 15 is 0 Å². The molecule has 23 heavy (non-hydrogen) atoms. The Labute approximate surface area is 137 Å². The van der Waals surface area contributed by atoms with Crippen LogP contribution in [0.3, 0.4) is 0 Å². The Hall–Kier alpha value is -2.11. The minimum Gasteiger partial charge on any atom is -0.461 e. The second-order valence-electron chi connectivity index (χ2n) is 6.93. The zero-order valence-electron chi connectivity index (χ0n) is 14.8. The molecule has 0 saturated carbocycles. The lowest BCUT2D eigenvalue weighted by Crippen LogP contribution is -2.29. The second-order valence-corrected chi connectivity index (χ2v) is 6.93. The van der Waals surface area contributed by atoms with E-state index in [1.165, 1.54) is 0 Å². The molecule has 0 amide bonds. The van der Waals surface area contributed by atoms with Gasteiger partial charge < -0.3 is 9.64 Å². The second kappa shape index (κ2) is 6.18. The topological polar surface area (TPSA) is 64.4 Å². The van der Waals surface area contributed by atoms with Crippen molar-refractivity contribution >= 4 is 11.8 Å². The standard InChI is InChI=1S/C17H25N3O3/c1-7-23-16(22)13-12-9-8-11(10-19(5)6)15(21)14(12)20(18-13)17(2,3)4/h10H,7-9H2,1-6H3. The Morgan fingerprint density at radius 3 is 2.52 bits per heavy atom. The van der Waals surface area contributed by atoms with Gasteiger partial charge in [0.2, 0.25) is 5.78 Å². The Morgan fingerprint density at radius 2 is 2.00 bits per heavy atom. The SMILES string of the molecule is CCOC(=O)c1nn(C(C)(C)C)c2c1CCC(=CN(C)C)C2=O. The Balaban J connectivity index is 2.61. The summed E-state index contributed by atoms with van der Waals surface area (Å²) < 4.78 is 6.76. The number of carbonyl (C=O) groups is 2. The van der Waals surface area contributed by atoms with E-state index in [1.807, 2.05) is 46.0 Å². The van der Waals surface area contributed by atoms with Crippen LogP contribution in [0.5, 0.6) is 0 Å². The number of ketones is 1. The van der Waals surface area contributed by atoms with E-state index < -0.39 is 11.5 Å². The van der Waals surface area contributed by atoms with Crippen molar-refractivity contribution in [3.8, 4) is 0 Å². The van der Waals surface area contributed by atoms with Gasteiger partial charge in [0.05, 0.1) is 12.1 Å². The van der Waals surface area contributed by atoms with Crippen molar-refractivity contribution in [1.82, 2.24) is 14.7 Å². The summed E-state index contributed by atoms with van der Waals surface area (Å²) in [5.41, 5.74) is 1.84. The number of Topliss-reactive ketones (excluding diaryl/α,β-unsaturated/α-hetero) is 1. The Kier molecular flexibility index (Phi) is 4.63. The van der Waals surface area contributed by atoms with Crippen molar-refractivity contribution < 1.29 is 14.3 Å². The number of hydrogen-bond donors (Lipinski definition) is 0. The van der Waals surface area contributed by atoms with Crippen LogP contribution in [0, 0.1) is 0 Å².